The predicted octanol–water partition coefficient (Wildman–Crippen LogP) is 1.16. The van der Waals surface area contributed by atoms with Gasteiger partial charge in [-0.15, -0.1) is 0 Å². The predicted molar refractivity (Wildman–Crippen MR) is 57.3 cm³/mol. The lowest BCUT2D eigenvalue weighted by Gasteiger charge is -2.15. The van der Waals surface area contributed by atoms with Crippen LogP contribution in [-0.4, -0.2) is 12.8 Å². The first kappa shape index (κ1) is 9.25. The number of fused-ring (bicyclic) bond motifs is 1. The van der Waals surface area contributed by atoms with Gasteiger partial charge in [-0.1, -0.05) is 0 Å². The van der Waals surface area contributed by atoms with Crippen LogP contribution in [0.15, 0.2) is 18.2 Å². The van der Waals surface area contributed by atoms with Gasteiger partial charge in [0.15, 0.2) is 5.71 Å². The maximum absolute atomic E-state index is 5.23. The summed E-state index contributed by atoms with van der Waals surface area (Å²) in [7, 11) is 1.70. The van der Waals surface area contributed by atoms with E-state index in [-0.39, 0.29) is 5.41 Å². The molecule has 2 nitrogen and oxygen atoms in total. The van der Waals surface area contributed by atoms with Crippen LogP contribution in [-0.2, 0) is 5.41 Å². The van der Waals surface area contributed by atoms with E-state index in [1.807, 2.05) is 6.07 Å². The highest BCUT2D eigenvalue weighted by Crippen LogP contribution is 2.33. The van der Waals surface area contributed by atoms with Gasteiger partial charge in [-0.3, -0.25) is 0 Å². The van der Waals surface area contributed by atoms with Crippen molar-refractivity contribution >= 4 is 11.4 Å². The molecule has 0 fully saturated rings. The van der Waals surface area contributed by atoms with Crippen molar-refractivity contribution in [2.75, 3.05) is 7.11 Å². The van der Waals surface area contributed by atoms with Crippen LogP contribution in [0.25, 0.3) is 0 Å². The summed E-state index contributed by atoms with van der Waals surface area (Å²) in [6.07, 6.45) is 0. The lowest BCUT2D eigenvalue weighted by atomic mass is 9.82. The second-order valence-corrected chi connectivity index (χ2v) is 4.29. The van der Waals surface area contributed by atoms with Gasteiger partial charge in [0.2, 0.25) is 5.69 Å². The quantitative estimate of drug-likeness (QED) is 0.705. The smallest absolute Gasteiger partial charge is 0.208 e. The summed E-state index contributed by atoms with van der Waals surface area (Å²) in [4.78, 5) is 3.40. The topological polar surface area (TPSA) is 23.2 Å². The van der Waals surface area contributed by atoms with Crippen molar-refractivity contribution in [1.29, 1.82) is 0 Å². The standard InChI is InChI=1S/C12H15NO/c1-8-12(2,3)10-7-9(14-4)5-6-11(10)13-8/h5-7H,1-4H3/p+1. The first-order valence-corrected chi connectivity index (χ1v) is 4.85. The van der Waals surface area contributed by atoms with Gasteiger partial charge in [0.1, 0.15) is 5.75 Å². The Bertz CT molecular complexity index is 405. The minimum atomic E-state index is 0.101. The Morgan fingerprint density at radius 3 is 2.64 bits per heavy atom. The monoisotopic (exact) mass is 190 g/mol. The Balaban J connectivity index is 2.57. The van der Waals surface area contributed by atoms with Crippen molar-refractivity contribution in [3.63, 3.8) is 0 Å². The van der Waals surface area contributed by atoms with Gasteiger partial charge in [-0.25, -0.2) is 4.99 Å². The van der Waals surface area contributed by atoms with Crippen molar-refractivity contribution in [2.24, 2.45) is 0 Å². The van der Waals surface area contributed by atoms with Crippen LogP contribution in [0.3, 0.4) is 0 Å². The Morgan fingerprint density at radius 2 is 2.00 bits per heavy atom. The summed E-state index contributed by atoms with van der Waals surface area (Å²) >= 11 is 0. The Kier molecular flexibility index (Phi) is 1.88. The van der Waals surface area contributed by atoms with Crippen molar-refractivity contribution in [1.82, 2.24) is 0 Å². The van der Waals surface area contributed by atoms with E-state index >= 15 is 0 Å². The van der Waals surface area contributed by atoms with Gasteiger partial charge >= 0.3 is 0 Å². The van der Waals surface area contributed by atoms with Crippen molar-refractivity contribution in [3.05, 3.63) is 23.8 Å². The molecule has 0 spiro atoms. The molecule has 0 aromatic heterocycles. The summed E-state index contributed by atoms with van der Waals surface area (Å²) in [5, 5.41) is 0. The van der Waals surface area contributed by atoms with E-state index in [0.717, 1.165) is 5.75 Å². The zero-order chi connectivity index (χ0) is 10.3. The molecule has 1 aromatic rings. The molecule has 74 valence electrons. The number of ether oxygens (including phenoxy) is 1. The third kappa shape index (κ3) is 1.14. The highest BCUT2D eigenvalue weighted by atomic mass is 16.5. The third-order valence-electron chi connectivity index (χ3n) is 3.16. The summed E-state index contributed by atoms with van der Waals surface area (Å²) in [6.45, 7) is 6.58. The van der Waals surface area contributed by atoms with E-state index in [9.17, 15) is 0 Å². The van der Waals surface area contributed by atoms with E-state index in [4.69, 9.17) is 4.74 Å². The summed E-state index contributed by atoms with van der Waals surface area (Å²) < 4.78 is 5.23. The fraction of sp³-hybridized carbons (Fsp3) is 0.417. The molecule has 1 aliphatic heterocycles. The van der Waals surface area contributed by atoms with Crippen LogP contribution >= 0.6 is 0 Å². The SMILES string of the molecule is COc1ccc2c(c1)C(C)(C)C(C)=[NH+]2. The zero-order valence-electron chi connectivity index (χ0n) is 9.14. The van der Waals surface area contributed by atoms with Crippen LogP contribution < -0.4 is 9.73 Å². The largest absolute Gasteiger partial charge is 0.497 e. The van der Waals surface area contributed by atoms with Crippen LogP contribution in [0.4, 0.5) is 5.69 Å². The van der Waals surface area contributed by atoms with Crippen molar-refractivity contribution in [3.8, 4) is 5.75 Å². The normalized spacial score (nSPS) is 17.6. The first-order valence-electron chi connectivity index (χ1n) is 4.85. The van der Waals surface area contributed by atoms with E-state index in [1.165, 1.54) is 17.0 Å². The second-order valence-electron chi connectivity index (χ2n) is 4.29. The molecule has 0 saturated carbocycles. The number of rotatable bonds is 1. The van der Waals surface area contributed by atoms with Gasteiger partial charge in [-0.05, 0) is 26.0 Å². The molecule has 2 rings (SSSR count). The lowest BCUT2D eigenvalue weighted by molar-refractivity contribution is -0.351. The fourth-order valence-corrected chi connectivity index (χ4v) is 1.84. The summed E-state index contributed by atoms with van der Waals surface area (Å²) in [5.74, 6) is 0.924. The molecule has 1 heterocycles. The van der Waals surface area contributed by atoms with Crippen LogP contribution in [0, 0.1) is 0 Å². The Labute approximate surface area is 84.6 Å². The molecule has 1 N–H and O–H groups in total. The average Bonchev–Trinajstić information content (AvgIpc) is 2.38. The molecule has 0 amide bonds. The maximum Gasteiger partial charge on any atom is 0.208 e. The second kappa shape index (κ2) is 2.84. The lowest BCUT2D eigenvalue weighted by Crippen LogP contribution is -2.64. The van der Waals surface area contributed by atoms with E-state index < -0.39 is 0 Å². The van der Waals surface area contributed by atoms with Gasteiger partial charge in [-0.2, -0.15) is 0 Å². The molecule has 1 aliphatic rings. The molecule has 0 bridgehead atoms. The minimum Gasteiger partial charge on any atom is -0.497 e. The van der Waals surface area contributed by atoms with E-state index in [0.29, 0.717) is 0 Å². The Morgan fingerprint density at radius 1 is 1.29 bits per heavy atom. The molecule has 0 radical (unpaired) electrons. The number of benzene rings is 1. The van der Waals surface area contributed by atoms with E-state index in [2.05, 4.69) is 37.9 Å². The highest BCUT2D eigenvalue weighted by molar-refractivity contribution is 5.92. The molecule has 0 unspecified atom stereocenters. The Hall–Kier alpha value is -1.31. The number of nitrogens with one attached hydrogen (secondary N) is 1. The number of hydrogen-bond donors (Lipinski definition) is 1. The van der Waals surface area contributed by atoms with Gasteiger partial charge in [0, 0.05) is 18.6 Å². The summed E-state index contributed by atoms with van der Waals surface area (Å²) in [5.41, 5.74) is 3.91. The average molecular weight is 190 g/mol. The van der Waals surface area contributed by atoms with Crippen LogP contribution in [0.1, 0.15) is 26.3 Å². The van der Waals surface area contributed by atoms with Crippen molar-refractivity contribution < 1.29 is 9.73 Å². The molecule has 0 atom stereocenters. The third-order valence-corrected chi connectivity index (χ3v) is 3.16. The first-order chi connectivity index (χ1) is 6.55. The molecular formula is C12H16NO+. The zero-order valence-corrected chi connectivity index (χ0v) is 9.14. The molecular weight excluding hydrogens is 174 g/mol. The van der Waals surface area contributed by atoms with Gasteiger partial charge < -0.3 is 4.74 Å². The molecule has 0 aliphatic carbocycles. The highest BCUT2D eigenvalue weighted by Gasteiger charge is 2.38. The fourth-order valence-electron chi connectivity index (χ4n) is 1.84. The van der Waals surface area contributed by atoms with Gasteiger partial charge in [0.25, 0.3) is 0 Å². The van der Waals surface area contributed by atoms with E-state index in [1.54, 1.807) is 7.11 Å². The number of hydrogen-bond acceptors (Lipinski definition) is 1. The maximum atomic E-state index is 5.23. The number of methoxy groups -OCH3 is 1. The summed E-state index contributed by atoms with van der Waals surface area (Å²) in [6, 6.07) is 6.17. The molecule has 0 saturated heterocycles. The van der Waals surface area contributed by atoms with Crippen molar-refractivity contribution in [2.45, 2.75) is 26.2 Å². The van der Waals surface area contributed by atoms with Crippen LogP contribution in [0.2, 0.25) is 0 Å². The van der Waals surface area contributed by atoms with Crippen LogP contribution in [0.5, 0.6) is 5.75 Å². The molecule has 2 heteroatoms. The minimum absolute atomic E-state index is 0.101. The molecule has 14 heavy (non-hydrogen) atoms. The molecule has 1 aromatic carbocycles. The van der Waals surface area contributed by atoms with Gasteiger partial charge in [0.05, 0.1) is 12.5 Å².